The van der Waals surface area contributed by atoms with Gasteiger partial charge in [-0.1, -0.05) is 13.3 Å². The van der Waals surface area contributed by atoms with Crippen LogP contribution in [0.2, 0.25) is 0 Å². The van der Waals surface area contributed by atoms with E-state index in [-0.39, 0.29) is 6.61 Å². The van der Waals surface area contributed by atoms with Gasteiger partial charge >= 0.3 is 0 Å². The largest absolute Gasteiger partial charge is 0.379 e. The van der Waals surface area contributed by atoms with Crippen molar-refractivity contribution in [3.05, 3.63) is 0 Å². The third-order valence-corrected chi connectivity index (χ3v) is 1.64. The molecule has 2 nitrogen and oxygen atoms in total. The van der Waals surface area contributed by atoms with Crippen LogP contribution in [0.1, 0.15) is 39.5 Å². The Kier molecular flexibility index (Phi) is 7.96. The number of rotatable bonds is 7. The molecule has 0 saturated carbocycles. The lowest BCUT2D eigenvalue weighted by molar-refractivity contribution is 0.0527. The first-order valence-electron chi connectivity index (χ1n) is 4.51. The van der Waals surface area contributed by atoms with Crippen LogP contribution in [0, 0.1) is 0 Å². The summed E-state index contributed by atoms with van der Waals surface area (Å²) in [4.78, 5) is 0. The molecule has 0 N–H and O–H groups in total. The zero-order valence-corrected chi connectivity index (χ0v) is 7.64. The zero-order chi connectivity index (χ0) is 8.53. The second-order valence-corrected chi connectivity index (χ2v) is 2.88. The number of unbranched alkanes of at least 4 members (excludes halogenated alkanes) is 1. The average Bonchev–Trinajstić information content (AvgIpc) is 1.99. The Labute approximate surface area is 69.6 Å². The molecule has 0 heterocycles. The summed E-state index contributed by atoms with van der Waals surface area (Å²) >= 11 is 0. The van der Waals surface area contributed by atoms with Crippen LogP contribution in [0.5, 0.6) is 0 Å². The van der Waals surface area contributed by atoms with Crippen molar-refractivity contribution >= 4 is 0 Å². The van der Waals surface area contributed by atoms with Crippen molar-refractivity contribution in [2.75, 3.05) is 13.2 Å². The van der Waals surface area contributed by atoms with Gasteiger partial charge in [-0.05, 0) is 26.2 Å². The first-order valence-corrected chi connectivity index (χ1v) is 4.51. The highest BCUT2D eigenvalue weighted by molar-refractivity contribution is 4.47. The Morgan fingerprint density at radius 3 is 2.64 bits per heavy atom. The SMILES string of the molecule is CCCC(C)OCCCC[O]. The van der Waals surface area contributed by atoms with Crippen LogP contribution in [0.15, 0.2) is 0 Å². The zero-order valence-electron chi connectivity index (χ0n) is 7.64. The van der Waals surface area contributed by atoms with Gasteiger partial charge in [-0.2, -0.15) is 0 Å². The van der Waals surface area contributed by atoms with E-state index < -0.39 is 0 Å². The van der Waals surface area contributed by atoms with Crippen molar-refractivity contribution < 1.29 is 9.84 Å². The van der Waals surface area contributed by atoms with Crippen molar-refractivity contribution in [3.63, 3.8) is 0 Å². The molecule has 0 aliphatic rings. The van der Waals surface area contributed by atoms with Gasteiger partial charge < -0.3 is 4.74 Å². The van der Waals surface area contributed by atoms with Crippen LogP contribution >= 0.6 is 0 Å². The molecule has 0 rings (SSSR count). The number of hydrogen-bond acceptors (Lipinski definition) is 1. The summed E-state index contributed by atoms with van der Waals surface area (Å²) in [6, 6.07) is 0. The molecule has 11 heavy (non-hydrogen) atoms. The molecule has 1 radical (unpaired) electrons. The molecule has 0 bridgehead atoms. The van der Waals surface area contributed by atoms with Crippen LogP contribution < -0.4 is 0 Å². The van der Waals surface area contributed by atoms with Crippen molar-refractivity contribution in [3.8, 4) is 0 Å². The molecule has 0 amide bonds. The Hall–Kier alpha value is -0.0800. The van der Waals surface area contributed by atoms with E-state index in [1.165, 1.54) is 6.42 Å². The highest BCUT2D eigenvalue weighted by atomic mass is 16.5. The molecular weight excluding hydrogens is 140 g/mol. The molecule has 1 unspecified atom stereocenters. The van der Waals surface area contributed by atoms with Gasteiger partial charge in [-0.25, -0.2) is 5.11 Å². The summed E-state index contributed by atoms with van der Waals surface area (Å²) in [5.74, 6) is 0. The maximum absolute atomic E-state index is 10.0. The molecule has 0 aromatic rings. The Balaban J connectivity index is 2.97. The molecule has 2 heteroatoms. The van der Waals surface area contributed by atoms with E-state index in [0.717, 1.165) is 25.9 Å². The van der Waals surface area contributed by atoms with Crippen LogP contribution in [-0.4, -0.2) is 19.3 Å². The minimum Gasteiger partial charge on any atom is -0.379 e. The van der Waals surface area contributed by atoms with Gasteiger partial charge in [0.1, 0.15) is 0 Å². The summed E-state index contributed by atoms with van der Waals surface area (Å²) < 4.78 is 5.45. The lowest BCUT2D eigenvalue weighted by Gasteiger charge is -2.10. The Morgan fingerprint density at radius 2 is 2.09 bits per heavy atom. The van der Waals surface area contributed by atoms with E-state index in [0.29, 0.717) is 6.10 Å². The van der Waals surface area contributed by atoms with Crippen molar-refractivity contribution in [1.82, 2.24) is 0 Å². The second kappa shape index (κ2) is 8.02. The van der Waals surface area contributed by atoms with Gasteiger partial charge in [0.25, 0.3) is 0 Å². The fraction of sp³-hybridized carbons (Fsp3) is 1.00. The van der Waals surface area contributed by atoms with Gasteiger partial charge in [0.05, 0.1) is 12.7 Å². The predicted octanol–water partition coefficient (Wildman–Crippen LogP) is 2.40. The fourth-order valence-electron chi connectivity index (χ4n) is 0.979. The van der Waals surface area contributed by atoms with Crippen molar-refractivity contribution in [2.45, 2.75) is 45.6 Å². The monoisotopic (exact) mass is 159 g/mol. The molecule has 0 spiro atoms. The molecule has 0 fully saturated rings. The maximum atomic E-state index is 10.0. The van der Waals surface area contributed by atoms with Gasteiger partial charge in [0.2, 0.25) is 0 Å². The summed E-state index contributed by atoms with van der Waals surface area (Å²) in [6.45, 7) is 5.02. The maximum Gasteiger partial charge on any atom is 0.0823 e. The predicted molar refractivity (Wildman–Crippen MR) is 45.1 cm³/mol. The Bertz CT molecular complexity index is 74.0. The molecular formula is C9H19O2. The molecule has 1 atom stereocenters. The first kappa shape index (κ1) is 10.9. The third kappa shape index (κ3) is 7.82. The van der Waals surface area contributed by atoms with E-state index in [9.17, 15) is 5.11 Å². The van der Waals surface area contributed by atoms with Crippen LogP contribution in [0.25, 0.3) is 0 Å². The van der Waals surface area contributed by atoms with E-state index in [4.69, 9.17) is 4.74 Å². The fourth-order valence-corrected chi connectivity index (χ4v) is 0.979. The van der Waals surface area contributed by atoms with E-state index in [2.05, 4.69) is 13.8 Å². The van der Waals surface area contributed by atoms with Gasteiger partial charge in [0.15, 0.2) is 0 Å². The minimum atomic E-state index is 0.0333. The van der Waals surface area contributed by atoms with E-state index >= 15 is 0 Å². The van der Waals surface area contributed by atoms with Gasteiger partial charge in [-0.3, -0.25) is 0 Å². The lowest BCUT2D eigenvalue weighted by Crippen LogP contribution is -2.08. The first-order chi connectivity index (χ1) is 5.31. The molecule has 0 aliphatic carbocycles. The summed E-state index contributed by atoms with van der Waals surface area (Å²) in [5, 5.41) is 10.0. The summed E-state index contributed by atoms with van der Waals surface area (Å²) in [5.41, 5.74) is 0. The average molecular weight is 159 g/mol. The standard InChI is InChI=1S/C9H19O2/c1-3-6-9(2)11-8-5-4-7-10/h9H,3-8H2,1-2H3. The highest BCUT2D eigenvalue weighted by Crippen LogP contribution is 2.01. The lowest BCUT2D eigenvalue weighted by atomic mass is 10.2. The quantitative estimate of drug-likeness (QED) is 0.524. The van der Waals surface area contributed by atoms with Crippen LogP contribution in [0.4, 0.5) is 0 Å². The topological polar surface area (TPSA) is 29.1 Å². The smallest absolute Gasteiger partial charge is 0.0823 e. The van der Waals surface area contributed by atoms with Crippen LogP contribution in [0.3, 0.4) is 0 Å². The summed E-state index contributed by atoms with van der Waals surface area (Å²) in [7, 11) is 0. The molecule has 0 aliphatic heterocycles. The number of ether oxygens (including phenoxy) is 1. The third-order valence-electron chi connectivity index (χ3n) is 1.64. The number of hydrogen-bond donors (Lipinski definition) is 0. The summed E-state index contributed by atoms with van der Waals surface area (Å²) in [6.07, 6.45) is 4.32. The van der Waals surface area contributed by atoms with Gasteiger partial charge in [-0.15, -0.1) is 0 Å². The normalized spacial score (nSPS) is 13.4. The molecule has 0 aromatic carbocycles. The van der Waals surface area contributed by atoms with Crippen molar-refractivity contribution in [2.24, 2.45) is 0 Å². The minimum absolute atomic E-state index is 0.0333. The highest BCUT2D eigenvalue weighted by Gasteiger charge is 1.98. The van der Waals surface area contributed by atoms with Crippen LogP contribution in [-0.2, 0) is 9.84 Å². The molecule has 67 valence electrons. The molecule has 0 aromatic heterocycles. The van der Waals surface area contributed by atoms with E-state index in [1.54, 1.807) is 0 Å². The van der Waals surface area contributed by atoms with Crippen molar-refractivity contribution in [1.29, 1.82) is 0 Å². The molecule has 0 saturated heterocycles. The second-order valence-electron chi connectivity index (χ2n) is 2.88. The Morgan fingerprint density at radius 1 is 1.36 bits per heavy atom. The van der Waals surface area contributed by atoms with Gasteiger partial charge in [0, 0.05) is 6.61 Å². The van der Waals surface area contributed by atoms with E-state index in [1.807, 2.05) is 0 Å².